The lowest BCUT2D eigenvalue weighted by atomic mass is 9.91. The number of ether oxygens (including phenoxy) is 1. The molecule has 172 valence electrons. The quantitative estimate of drug-likeness (QED) is 0.599. The van der Waals surface area contributed by atoms with Crippen LogP contribution < -0.4 is 15.0 Å². The van der Waals surface area contributed by atoms with Gasteiger partial charge in [0, 0.05) is 16.8 Å². The molecule has 0 fully saturated rings. The van der Waals surface area contributed by atoms with Gasteiger partial charge in [-0.15, -0.1) is 0 Å². The minimum atomic E-state index is -0.475. The van der Waals surface area contributed by atoms with Gasteiger partial charge in [-0.2, -0.15) is 0 Å². The fourth-order valence-electron chi connectivity index (χ4n) is 4.54. The van der Waals surface area contributed by atoms with E-state index in [1.54, 1.807) is 24.1 Å². The summed E-state index contributed by atoms with van der Waals surface area (Å²) in [4.78, 5) is 20.8. The lowest BCUT2D eigenvalue weighted by Gasteiger charge is -2.29. The van der Waals surface area contributed by atoms with E-state index < -0.39 is 11.6 Å². The van der Waals surface area contributed by atoms with Crippen LogP contribution >= 0.6 is 0 Å². The lowest BCUT2D eigenvalue weighted by Crippen LogP contribution is -2.44. The monoisotopic (exact) mass is 455 g/mol. The number of carbonyl (C=O) groups excluding carboxylic acids is 1. The highest BCUT2D eigenvalue weighted by Crippen LogP contribution is 2.43. The highest BCUT2D eigenvalue weighted by molar-refractivity contribution is 6.23. The van der Waals surface area contributed by atoms with Crippen molar-refractivity contribution in [2.75, 3.05) is 18.6 Å². The second kappa shape index (κ2) is 8.45. The molecule has 3 aromatic carbocycles. The molecule has 0 aliphatic carbocycles. The van der Waals surface area contributed by atoms with E-state index in [9.17, 15) is 9.18 Å². The summed E-state index contributed by atoms with van der Waals surface area (Å²) in [6.07, 6.45) is 0. The fraction of sp³-hybridized carbons (Fsp3) is 0.214. The van der Waals surface area contributed by atoms with Crippen molar-refractivity contribution < 1.29 is 13.9 Å². The second-order valence-corrected chi connectivity index (χ2v) is 9.16. The van der Waals surface area contributed by atoms with Gasteiger partial charge in [0.25, 0.3) is 5.91 Å². The van der Waals surface area contributed by atoms with Gasteiger partial charge in [-0.1, -0.05) is 42.5 Å². The van der Waals surface area contributed by atoms with Gasteiger partial charge in [0.1, 0.15) is 17.3 Å². The summed E-state index contributed by atoms with van der Waals surface area (Å²) in [5.41, 5.74) is 4.13. The molecular weight excluding hydrogens is 429 g/mol. The second-order valence-electron chi connectivity index (χ2n) is 9.16. The summed E-state index contributed by atoms with van der Waals surface area (Å²) < 4.78 is 19.2. The summed E-state index contributed by atoms with van der Waals surface area (Å²) >= 11 is 0. The van der Waals surface area contributed by atoms with Crippen LogP contribution in [0.25, 0.3) is 0 Å². The van der Waals surface area contributed by atoms with E-state index in [1.807, 2.05) is 68.4 Å². The summed E-state index contributed by atoms with van der Waals surface area (Å²) in [7, 11) is 1.61. The molecule has 1 atom stereocenters. The molecule has 3 aromatic rings. The van der Waals surface area contributed by atoms with Crippen LogP contribution in [0.2, 0.25) is 0 Å². The maximum Gasteiger partial charge on any atom is 0.275 e. The number of carbonyl (C=O) groups is 1. The van der Waals surface area contributed by atoms with Gasteiger partial charge in [0.15, 0.2) is 0 Å². The van der Waals surface area contributed by atoms with E-state index in [4.69, 9.17) is 9.73 Å². The van der Waals surface area contributed by atoms with Crippen LogP contribution in [-0.4, -0.2) is 30.8 Å². The van der Waals surface area contributed by atoms with E-state index in [0.29, 0.717) is 18.0 Å². The van der Waals surface area contributed by atoms with E-state index in [1.165, 1.54) is 12.1 Å². The van der Waals surface area contributed by atoms with Gasteiger partial charge in [0.2, 0.25) is 0 Å². The van der Waals surface area contributed by atoms with E-state index in [0.717, 1.165) is 28.1 Å². The molecule has 1 amide bonds. The molecule has 5 nitrogen and oxygen atoms in total. The summed E-state index contributed by atoms with van der Waals surface area (Å²) in [5, 5.41) is 3.48. The predicted molar refractivity (Wildman–Crippen MR) is 132 cm³/mol. The first-order valence-corrected chi connectivity index (χ1v) is 11.2. The largest absolute Gasteiger partial charge is 0.497 e. The fourth-order valence-corrected chi connectivity index (χ4v) is 4.54. The third kappa shape index (κ3) is 3.85. The zero-order valence-electron chi connectivity index (χ0n) is 19.4. The normalized spacial score (nSPS) is 19.3. The van der Waals surface area contributed by atoms with E-state index in [2.05, 4.69) is 5.32 Å². The lowest BCUT2D eigenvalue weighted by molar-refractivity contribution is -0.115. The van der Waals surface area contributed by atoms with Gasteiger partial charge in [-0.25, -0.2) is 4.39 Å². The number of halogens is 1. The third-order valence-electron chi connectivity index (χ3n) is 6.17. The molecule has 0 saturated heterocycles. The minimum Gasteiger partial charge on any atom is -0.497 e. The van der Waals surface area contributed by atoms with Gasteiger partial charge >= 0.3 is 0 Å². The van der Waals surface area contributed by atoms with Crippen LogP contribution in [-0.2, 0) is 4.79 Å². The molecule has 2 aliphatic rings. The van der Waals surface area contributed by atoms with Crippen LogP contribution in [0.15, 0.2) is 95.1 Å². The topological polar surface area (TPSA) is 53.9 Å². The molecule has 0 radical (unpaired) electrons. The number of nitrogens with zero attached hydrogens (tertiary/aromatic N) is 2. The number of anilines is 1. The predicted octanol–water partition coefficient (Wildman–Crippen LogP) is 5.05. The highest BCUT2D eigenvalue weighted by Gasteiger charge is 2.45. The van der Waals surface area contributed by atoms with E-state index in [-0.39, 0.29) is 11.7 Å². The van der Waals surface area contributed by atoms with Crippen molar-refractivity contribution in [1.82, 2.24) is 5.32 Å². The van der Waals surface area contributed by atoms with Crippen LogP contribution in [0.4, 0.5) is 10.1 Å². The Kier molecular flexibility index (Phi) is 5.44. The number of aliphatic imine (C=N–C) groups is 1. The number of methoxy groups -OCH3 is 1. The Bertz CT molecular complexity index is 1280. The molecule has 2 heterocycles. The first-order chi connectivity index (χ1) is 16.4. The van der Waals surface area contributed by atoms with Crippen LogP contribution in [0.5, 0.6) is 5.75 Å². The zero-order chi connectivity index (χ0) is 23.9. The summed E-state index contributed by atoms with van der Waals surface area (Å²) in [5.74, 6) is 0.234. The molecule has 5 rings (SSSR count). The van der Waals surface area contributed by atoms with E-state index >= 15 is 0 Å². The summed E-state index contributed by atoms with van der Waals surface area (Å²) in [6.45, 7) is 4.58. The Morgan fingerprint density at radius 1 is 1.00 bits per heavy atom. The Balaban J connectivity index is 1.74. The van der Waals surface area contributed by atoms with Crippen molar-refractivity contribution in [3.8, 4) is 5.75 Å². The van der Waals surface area contributed by atoms with Gasteiger partial charge in [-0.05, 0) is 55.8 Å². The molecule has 1 unspecified atom stereocenters. The average molecular weight is 456 g/mol. The van der Waals surface area contributed by atoms with Crippen molar-refractivity contribution in [3.05, 3.63) is 107 Å². The Morgan fingerprint density at radius 2 is 1.68 bits per heavy atom. The van der Waals surface area contributed by atoms with Crippen LogP contribution in [0, 0.1) is 5.82 Å². The number of benzene rings is 3. The number of rotatable bonds is 4. The van der Waals surface area contributed by atoms with Crippen molar-refractivity contribution in [3.63, 3.8) is 0 Å². The first-order valence-electron chi connectivity index (χ1n) is 11.2. The van der Waals surface area contributed by atoms with Crippen molar-refractivity contribution in [2.45, 2.75) is 25.4 Å². The third-order valence-corrected chi connectivity index (χ3v) is 6.17. The SMILES string of the molecule is COc1ccc(N2C(=O)C3=C(C(c4ccccc4)=NCC(C)(C)N3)C2c2ccc(F)cc2)cc1. The van der Waals surface area contributed by atoms with Gasteiger partial charge < -0.3 is 10.1 Å². The molecule has 0 saturated carbocycles. The molecule has 34 heavy (non-hydrogen) atoms. The molecule has 0 aromatic heterocycles. The van der Waals surface area contributed by atoms with Crippen molar-refractivity contribution >= 4 is 17.3 Å². The number of hydrogen-bond acceptors (Lipinski definition) is 4. The van der Waals surface area contributed by atoms with Crippen molar-refractivity contribution in [1.29, 1.82) is 0 Å². The molecule has 2 aliphatic heterocycles. The molecule has 6 heteroatoms. The Morgan fingerprint density at radius 3 is 2.32 bits per heavy atom. The standard InChI is InChI=1S/C28H26FN3O2/c1-28(2)17-30-24(18-7-5-4-6-8-18)23-25(31-28)27(33)32(21-13-15-22(34-3)16-14-21)26(23)19-9-11-20(29)12-10-19/h4-16,26,31H,17H2,1-3H3. The maximum atomic E-state index is 14.0. The number of nitrogens with one attached hydrogen (secondary N) is 1. The highest BCUT2D eigenvalue weighted by atomic mass is 19.1. The number of amides is 1. The molecule has 0 bridgehead atoms. The maximum absolute atomic E-state index is 14.0. The zero-order valence-corrected chi connectivity index (χ0v) is 19.4. The number of hydrogen-bond donors (Lipinski definition) is 1. The van der Waals surface area contributed by atoms with Crippen molar-refractivity contribution in [2.24, 2.45) is 4.99 Å². The van der Waals surface area contributed by atoms with Gasteiger partial charge in [-0.3, -0.25) is 14.7 Å². The molecular formula is C28H26FN3O2. The Labute approximate surface area is 198 Å². The Hall–Kier alpha value is -3.93. The van der Waals surface area contributed by atoms with Crippen LogP contribution in [0.1, 0.15) is 31.0 Å². The molecule has 0 spiro atoms. The summed E-state index contributed by atoms with van der Waals surface area (Å²) in [6, 6.07) is 23.1. The average Bonchev–Trinajstić information content (AvgIpc) is 3.02. The molecule has 1 N–H and O–H groups in total. The first kappa shape index (κ1) is 21.9. The van der Waals surface area contributed by atoms with Gasteiger partial charge in [0.05, 0.1) is 30.9 Å². The minimum absolute atomic E-state index is 0.145. The van der Waals surface area contributed by atoms with Crippen LogP contribution in [0.3, 0.4) is 0 Å². The smallest absolute Gasteiger partial charge is 0.275 e.